The van der Waals surface area contributed by atoms with Crippen molar-refractivity contribution in [2.75, 3.05) is 32.3 Å². The third-order valence-electron chi connectivity index (χ3n) is 7.62. The van der Waals surface area contributed by atoms with Gasteiger partial charge in [-0.1, -0.05) is 119 Å². The molecule has 0 radical (unpaired) electrons. The van der Waals surface area contributed by atoms with E-state index in [0.29, 0.717) is 5.75 Å². The van der Waals surface area contributed by atoms with Gasteiger partial charge in [-0.25, -0.2) is 0 Å². The number of ether oxygens (including phenoxy) is 3. The summed E-state index contributed by atoms with van der Waals surface area (Å²) in [5.41, 5.74) is 2.04. The Kier molecular flexibility index (Phi) is 15.2. The van der Waals surface area contributed by atoms with E-state index in [1.54, 1.807) is 14.2 Å². The second-order valence-corrected chi connectivity index (χ2v) is 11.9. The first-order chi connectivity index (χ1) is 20.1. The number of rotatable bonds is 21. The van der Waals surface area contributed by atoms with Gasteiger partial charge in [0, 0.05) is 5.75 Å². The highest BCUT2D eigenvalue weighted by molar-refractivity contribution is 7.99. The highest BCUT2D eigenvalue weighted by Crippen LogP contribution is 2.41. The molecule has 0 amide bonds. The number of benzene rings is 3. The molecule has 1 unspecified atom stereocenters. The molecule has 3 rings (SSSR count). The molecule has 0 aliphatic rings. The zero-order valence-electron chi connectivity index (χ0n) is 25.4. The van der Waals surface area contributed by atoms with Crippen LogP contribution in [0.1, 0.15) is 87.8 Å². The Balaban J connectivity index is 1.61. The molecule has 224 valence electrons. The minimum atomic E-state index is -0.901. The molecule has 0 aliphatic heterocycles. The highest BCUT2D eigenvalue weighted by atomic mass is 32.2. The largest absolute Gasteiger partial charge is 0.497 e. The fourth-order valence-corrected chi connectivity index (χ4v) is 6.20. The lowest BCUT2D eigenvalue weighted by molar-refractivity contribution is -0.0312. The van der Waals surface area contributed by atoms with Crippen LogP contribution in [0.5, 0.6) is 11.5 Å². The molecule has 1 N–H and O–H groups in total. The molecule has 0 saturated heterocycles. The van der Waals surface area contributed by atoms with Gasteiger partial charge in [0.1, 0.15) is 17.1 Å². The molecule has 0 heterocycles. The third kappa shape index (κ3) is 10.4. The van der Waals surface area contributed by atoms with Crippen molar-refractivity contribution in [2.24, 2.45) is 0 Å². The van der Waals surface area contributed by atoms with E-state index in [9.17, 15) is 5.11 Å². The van der Waals surface area contributed by atoms with Crippen molar-refractivity contribution in [1.82, 2.24) is 0 Å². The van der Waals surface area contributed by atoms with Crippen LogP contribution in [0.2, 0.25) is 0 Å². The van der Waals surface area contributed by atoms with Crippen molar-refractivity contribution in [3.8, 4) is 11.5 Å². The number of hydrogen-bond acceptors (Lipinski definition) is 5. The number of aliphatic hydroxyl groups excluding tert-OH is 1. The molecular formula is C36H50O4S. The zero-order chi connectivity index (χ0) is 29.2. The molecule has 0 aliphatic carbocycles. The Morgan fingerprint density at radius 3 is 1.59 bits per heavy atom. The van der Waals surface area contributed by atoms with Crippen LogP contribution in [0.4, 0.5) is 0 Å². The average molecular weight is 579 g/mol. The van der Waals surface area contributed by atoms with E-state index in [2.05, 4.69) is 19.1 Å². The van der Waals surface area contributed by atoms with Crippen LogP contribution in [-0.2, 0) is 10.3 Å². The van der Waals surface area contributed by atoms with Gasteiger partial charge in [-0.15, -0.1) is 0 Å². The van der Waals surface area contributed by atoms with E-state index < -0.39 is 11.7 Å². The standard InChI is InChI=1S/C36H50O4S/c1-4-5-6-7-8-9-10-11-12-16-27-41-29-33(37)28-40-36(30-17-14-13-15-18-30,31-19-23-34(38-2)24-20-31)32-21-25-35(39-3)26-22-32/h13-15,17-26,33,37H,4-12,16,27-29H2,1-3H3. The van der Waals surface area contributed by atoms with Crippen LogP contribution in [0.15, 0.2) is 78.9 Å². The fraction of sp³-hybridized carbons (Fsp3) is 0.500. The quantitative estimate of drug-likeness (QED) is 0.101. The maximum Gasteiger partial charge on any atom is 0.143 e. The summed E-state index contributed by atoms with van der Waals surface area (Å²) < 4.78 is 17.7. The molecule has 1 atom stereocenters. The first-order valence-electron chi connectivity index (χ1n) is 15.4. The molecule has 0 aromatic heterocycles. The first kappa shape index (κ1) is 33.0. The fourth-order valence-electron chi connectivity index (χ4n) is 5.25. The molecule has 0 fully saturated rings. The summed E-state index contributed by atoms with van der Waals surface area (Å²) in [7, 11) is 3.34. The normalized spacial score (nSPS) is 12.3. The van der Waals surface area contributed by atoms with E-state index in [4.69, 9.17) is 14.2 Å². The molecule has 0 bridgehead atoms. The Hall–Kier alpha value is -2.47. The van der Waals surface area contributed by atoms with Crippen molar-refractivity contribution in [3.63, 3.8) is 0 Å². The molecule has 3 aromatic rings. The minimum absolute atomic E-state index is 0.220. The Bertz CT molecular complexity index is 1020. The van der Waals surface area contributed by atoms with Crippen molar-refractivity contribution in [3.05, 3.63) is 95.6 Å². The summed E-state index contributed by atoms with van der Waals surface area (Å²) in [6, 6.07) is 26.2. The van der Waals surface area contributed by atoms with Gasteiger partial charge in [0.25, 0.3) is 0 Å². The molecule has 4 nitrogen and oxygen atoms in total. The van der Waals surface area contributed by atoms with Gasteiger partial charge in [-0.05, 0) is 53.1 Å². The Morgan fingerprint density at radius 2 is 1.10 bits per heavy atom. The number of unbranched alkanes of at least 4 members (excludes halogenated alkanes) is 9. The highest BCUT2D eigenvalue weighted by Gasteiger charge is 2.38. The van der Waals surface area contributed by atoms with Crippen LogP contribution in [0.25, 0.3) is 0 Å². The molecule has 3 aromatic carbocycles. The molecule has 41 heavy (non-hydrogen) atoms. The van der Waals surface area contributed by atoms with Gasteiger partial charge in [0.05, 0.1) is 26.9 Å². The van der Waals surface area contributed by atoms with Crippen molar-refractivity contribution < 1.29 is 19.3 Å². The molecule has 5 heteroatoms. The summed E-state index contributed by atoms with van der Waals surface area (Å²) in [5, 5.41) is 11.0. The van der Waals surface area contributed by atoms with Crippen LogP contribution < -0.4 is 9.47 Å². The van der Waals surface area contributed by atoms with Crippen molar-refractivity contribution in [1.29, 1.82) is 0 Å². The SMILES string of the molecule is CCCCCCCCCCCCSCC(O)COC(c1ccccc1)(c1ccc(OC)cc1)c1ccc(OC)cc1. The predicted molar refractivity (Wildman–Crippen MR) is 173 cm³/mol. The lowest BCUT2D eigenvalue weighted by atomic mass is 9.80. The lowest BCUT2D eigenvalue weighted by Crippen LogP contribution is -2.36. The Labute approximate surface area is 252 Å². The smallest absolute Gasteiger partial charge is 0.143 e. The number of hydrogen-bond donors (Lipinski definition) is 1. The van der Waals surface area contributed by atoms with Gasteiger partial charge in [0.2, 0.25) is 0 Å². The first-order valence-corrected chi connectivity index (χ1v) is 16.5. The zero-order valence-corrected chi connectivity index (χ0v) is 26.2. The second kappa shape index (κ2) is 18.9. The van der Waals surface area contributed by atoms with E-state index in [1.165, 1.54) is 64.2 Å². The van der Waals surface area contributed by atoms with Crippen LogP contribution in [-0.4, -0.2) is 43.5 Å². The summed E-state index contributed by atoms with van der Waals surface area (Å²) in [4.78, 5) is 0. The minimum Gasteiger partial charge on any atom is -0.497 e. The maximum atomic E-state index is 11.0. The Morgan fingerprint density at radius 1 is 0.634 bits per heavy atom. The van der Waals surface area contributed by atoms with Gasteiger partial charge < -0.3 is 19.3 Å². The second-order valence-electron chi connectivity index (χ2n) is 10.7. The van der Waals surface area contributed by atoms with E-state index in [1.807, 2.05) is 78.5 Å². The number of thioether (sulfide) groups is 1. The molecular weight excluding hydrogens is 528 g/mol. The lowest BCUT2D eigenvalue weighted by Gasteiger charge is -2.36. The summed E-state index contributed by atoms with van der Waals surface area (Å²) in [6.45, 7) is 2.49. The molecule has 0 spiro atoms. The van der Waals surface area contributed by atoms with Crippen molar-refractivity contribution in [2.45, 2.75) is 82.8 Å². The average Bonchev–Trinajstić information content (AvgIpc) is 3.03. The van der Waals surface area contributed by atoms with Gasteiger partial charge >= 0.3 is 0 Å². The van der Waals surface area contributed by atoms with Crippen LogP contribution in [0, 0.1) is 0 Å². The molecule has 0 saturated carbocycles. The van der Waals surface area contributed by atoms with Gasteiger partial charge in [-0.2, -0.15) is 11.8 Å². The monoisotopic (exact) mass is 578 g/mol. The van der Waals surface area contributed by atoms with Crippen molar-refractivity contribution >= 4 is 11.8 Å². The van der Waals surface area contributed by atoms with E-state index in [-0.39, 0.29) is 6.61 Å². The van der Waals surface area contributed by atoms with Crippen LogP contribution in [0.3, 0.4) is 0 Å². The predicted octanol–water partition coefficient (Wildman–Crippen LogP) is 9.03. The summed E-state index contributed by atoms with van der Waals surface area (Å²) in [5.74, 6) is 3.31. The summed E-state index contributed by atoms with van der Waals surface area (Å²) in [6.07, 6.45) is 12.8. The number of aliphatic hydroxyl groups is 1. The van der Waals surface area contributed by atoms with E-state index in [0.717, 1.165) is 33.9 Å². The van der Waals surface area contributed by atoms with Crippen LogP contribution >= 0.6 is 11.8 Å². The maximum absolute atomic E-state index is 11.0. The summed E-state index contributed by atoms with van der Waals surface area (Å²) >= 11 is 1.82. The third-order valence-corrected chi connectivity index (χ3v) is 8.82. The van der Waals surface area contributed by atoms with Gasteiger partial charge in [0.15, 0.2) is 0 Å². The number of methoxy groups -OCH3 is 2. The topological polar surface area (TPSA) is 47.9 Å². The van der Waals surface area contributed by atoms with Gasteiger partial charge in [-0.3, -0.25) is 0 Å². The van der Waals surface area contributed by atoms with E-state index >= 15 is 0 Å².